The Morgan fingerprint density at radius 2 is 1.75 bits per heavy atom. The van der Waals surface area contributed by atoms with Crippen molar-refractivity contribution in [2.24, 2.45) is 7.05 Å². The molecule has 0 radical (unpaired) electrons. The van der Waals surface area contributed by atoms with Crippen molar-refractivity contribution >= 4 is 16.7 Å². The lowest BCUT2D eigenvalue weighted by Crippen LogP contribution is -2.31. The summed E-state index contributed by atoms with van der Waals surface area (Å²) < 4.78 is 3.19. The summed E-state index contributed by atoms with van der Waals surface area (Å²) in [6.45, 7) is 0.421. The van der Waals surface area contributed by atoms with E-state index < -0.39 is 0 Å². The number of nitrogens with zero attached hydrogens (tertiary/aromatic N) is 4. The van der Waals surface area contributed by atoms with Crippen molar-refractivity contribution < 1.29 is 4.79 Å². The van der Waals surface area contributed by atoms with E-state index in [1.54, 1.807) is 42.6 Å². The Morgan fingerprint density at radius 1 is 1.04 bits per heavy atom. The minimum atomic E-state index is -0.324. The third-order valence-corrected chi connectivity index (χ3v) is 4.58. The molecular formula is C21H19N5O2. The van der Waals surface area contributed by atoms with Crippen molar-refractivity contribution in [3.8, 4) is 5.69 Å². The van der Waals surface area contributed by atoms with Gasteiger partial charge >= 0.3 is 0 Å². The van der Waals surface area contributed by atoms with Crippen LogP contribution in [0.3, 0.4) is 0 Å². The lowest BCUT2D eigenvalue weighted by molar-refractivity contribution is 0.0949. The van der Waals surface area contributed by atoms with E-state index in [0.29, 0.717) is 29.4 Å². The number of hydrogen-bond donors (Lipinski definition) is 1. The molecule has 140 valence electrons. The summed E-state index contributed by atoms with van der Waals surface area (Å²) in [6.07, 6.45) is 4.19. The number of benzene rings is 2. The summed E-state index contributed by atoms with van der Waals surface area (Å²) in [6, 6.07) is 16.1. The summed E-state index contributed by atoms with van der Waals surface area (Å²) in [5.41, 5.74) is 0.575. The van der Waals surface area contributed by atoms with E-state index >= 15 is 0 Å². The van der Waals surface area contributed by atoms with Gasteiger partial charge in [0.05, 0.1) is 11.1 Å². The first kappa shape index (κ1) is 17.7. The highest BCUT2D eigenvalue weighted by Crippen LogP contribution is 2.15. The van der Waals surface area contributed by atoms with Crippen molar-refractivity contribution in [1.82, 2.24) is 24.6 Å². The first-order valence-corrected chi connectivity index (χ1v) is 8.97. The van der Waals surface area contributed by atoms with E-state index in [1.165, 1.54) is 4.68 Å². The van der Waals surface area contributed by atoms with Gasteiger partial charge in [-0.05, 0) is 18.2 Å². The monoisotopic (exact) mass is 373 g/mol. The highest BCUT2D eigenvalue weighted by Gasteiger charge is 2.17. The molecule has 0 unspecified atom stereocenters. The first-order chi connectivity index (χ1) is 13.6. The predicted octanol–water partition coefficient (Wildman–Crippen LogP) is 2.09. The van der Waals surface area contributed by atoms with Gasteiger partial charge in [0.15, 0.2) is 5.69 Å². The molecule has 7 nitrogen and oxygen atoms in total. The average Bonchev–Trinajstić information content (AvgIpc) is 3.14. The van der Waals surface area contributed by atoms with Gasteiger partial charge in [0.2, 0.25) is 0 Å². The van der Waals surface area contributed by atoms with Crippen molar-refractivity contribution in [2.45, 2.75) is 6.42 Å². The van der Waals surface area contributed by atoms with Gasteiger partial charge in [0.25, 0.3) is 11.5 Å². The number of amides is 1. The second-order valence-electron chi connectivity index (χ2n) is 6.41. The van der Waals surface area contributed by atoms with Crippen LogP contribution in [-0.2, 0) is 13.5 Å². The molecule has 28 heavy (non-hydrogen) atoms. The number of nitrogens with one attached hydrogen (secondary N) is 1. The van der Waals surface area contributed by atoms with Crippen molar-refractivity contribution in [3.63, 3.8) is 0 Å². The maximum absolute atomic E-state index is 12.9. The topological polar surface area (TPSA) is 81.8 Å². The lowest BCUT2D eigenvalue weighted by atomic mass is 10.1. The molecule has 0 spiro atoms. The normalized spacial score (nSPS) is 10.9. The summed E-state index contributed by atoms with van der Waals surface area (Å²) in [7, 11) is 1.91. The van der Waals surface area contributed by atoms with E-state index in [9.17, 15) is 9.59 Å². The van der Waals surface area contributed by atoms with Crippen LogP contribution in [0.5, 0.6) is 0 Å². The number of hydrogen-bond acceptors (Lipinski definition) is 4. The van der Waals surface area contributed by atoms with Crippen molar-refractivity contribution in [3.05, 3.63) is 88.9 Å². The molecule has 0 saturated carbocycles. The molecule has 1 N–H and O–H groups in total. The number of carbonyl (C=O) groups excluding carboxylic acids is 1. The molecule has 4 aromatic rings. The molecule has 2 aromatic heterocycles. The zero-order valence-electron chi connectivity index (χ0n) is 15.4. The minimum absolute atomic E-state index is 0.221. The molecule has 0 fully saturated rings. The molecule has 0 saturated heterocycles. The summed E-state index contributed by atoms with van der Waals surface area (Å²) in [5.74, 6) is 0.558. The van der Waals surface area contributed by atoms with Gasteiger partial charge < -0.3 is 9.88 Å². The standard InChI is InChI=1S/C21H19N5O2/c1-25-14-13-22-18(25)11-12-23-20(27)19-16-9-5-6-10-17(16)21(28)26(24-19)15-7-3-2-4-8-15/h2-10,13-14H,11-12H2,1H3,(H,23,27). The Balaban J connectivity index is 1.69. The van der Waals surface area contributed by atoms with E-state index in [-0.39, 0.29) is 17.2 Å². The number of imidazole rings is 1. The van der Waals surface area contributed by atoms with Crippen molar-refractivity contribution in [2.75, 3.05) is 6.54 Å². The fourth-order valence-corrected chi connectivity index (χ4v) is 3.11. The second kappa shape index (κ2) is 7.48. The van der Waals surface area contributed by atoms with Crippen LogP contribution in [0.1, 0.15) is 16.3 Å². The predicted molar refractivity (Wildman–Crippen MR) is 107 cm³/mol. The van der Waals surface area contributed by atoms with E-state index in [0.717, 1.165) is 5.82 Å². The maximum Gasteiger partial charge on any atom is 0.279 e. The van der Waals surface area contributed by atoms with Gasteiger partial charge in [0, 0.05) is 37.8 Å². The van der Waals surface area contributed by atoms with Crippen LogP contribution in [0.15, 0.2) is 71.8 Å². The highest BCUT2D eigenvalue weighted by atomic mass is 16.2. The van der Waals surface area contributed by atoms with E-state index in [2.05, 4.69) is 15.4 Å². The van der Waals surface area contributed by atoms with Crippen LogP contribution >= 0.6 is 0 Å². The Bertz CT molecular complexity index is 1190. The third kappa shape index (κ3) is 3.29. The molecule has 0 aliphatic rings. The molecule has 0 bridgehead atoms. The van der Waals surface area contributed by atoms with Crippen LogP contribution in [0, 0.1) is 0 Å². The van der Waals surface area contributed by atoms with Gasteiger partial charge in [-0.15, -0.1) is 0 Å². The zero-order valence-corrected chi connectivity index (χ0v) is 15.4. The van der Waals surface area contributed by atoms with Gasteiger partial charge in [-0.1, -0.05) is 36.4 Å². The average molecular weight is 373 g/mol. The summed E-state index contributed by atoms with van der Waals surface area (Å²) in [4.78, 5) is 30.0. The van der Waals surface area contributed by atoms with E-state index in [4.69, 9.17) is 0 Å². The fraction of sp³-hybridized carbons (Fsp3) is 0.143. The molecule has 4 rings (SSSR count). The molecule has 0 atom stereocenters. The smallest absolute Gasteiger partial charge is 0.279 e. The quantitative estimate of drug-likeness (QED) is 0.581. The van der Waals surface area contributed by atoms with Gasteiger partial charge in [-0.3, -0.25) is 9.59 Å². The number of para-hydroxylation sites is 1. The fourth-order valence-electron chi connectivity index (χ4n) is 3.11. The zero-order chi connectivity index (χ0) is 19.5. The number of rotatable bonds is 5. The number of fused-ring (bicyclic) bond motifs is 1. The molecule has 2 aromatic carbocycles. The molecule has 2 heterocycles. The minimum Gasteiger partial charge on any atom is -0.350 e. The van der Waals surface area contributed by atoms with Crippen LogP contribution in [0.2, 0.25) is 0 Å². The van der Waals surface area contributed by atoms with Gasteiger partial charge in [-0.2, -0.15) is 9.78 Å². The Morgan fingerprint density at radius 3 is 2.46 bits per heavy atom. The number of carbonyl (C=O) groups is 1. The Hall–Kier alpha value is -3.74. The first-order valence-electron chi connectivity index (χ1n) is 8.97. The lowest BCUT2D eigenvalue weighted by Gasteiger charge is -2.11. The Kier molecular flexibility index (Phi) is 4.72. The SMILES string of the molecule is Cn1ccnc1CCNC(=O)c1nn(-c2ccccc2)c(=O)c2ccccc12. The number of aryl methyl sites for hydroxylation is 1. The number of aromatic nitrogens is 4. The molecule has 0 aliphatic carbocycles. The van der Waals surface area contributed by atoms with Crippen LogP contribution in [0.4, 0.5) is 0 Å². The van der Waals surface area contributed by atoms with Gasteiger partial charge in [0.1, 0.15) is 5.82 Å². The summed E-state index contributed by atoms with van der Waals surface area (Å²) in [5, 5.41) is 8.25. The maximum atomic E-state index is 12.9. The van der Waals surface area contributed by atoms with Crippen LogP contribution in [-0.4, -0.2) is 31.8 Å². The third-order valence-electron chi connectivity index (χ3n) is 4.58. The van der Waals surface area contributed by atoms with E-state index in [1.807, 2.05) is 36.0 Å². The van der Waals surface area contributed by atoms with Crippen LogP contribution < -0.4 is 10.9 Å². The van der Waals surface area contributed by atoms with Crippen molar-refractivity contribution in [1.29, 1.82) is 0 Å². The molecule has 1 amide bonds. The second-order valence-corrected chi connectivity index (χ2v) is 6.41. The summed E-state index contributed by atoms with van der Waals surface area (Å²) >= 11 is 0. The Labute approximate surface area is 161 Å². The molecule has 0 aliphatic heterocycles. The largest absolute Gasteiger partial charge is 0.350 e. The van der Waals surface area contributed by atoms with Crippen LogP contribution in [0.25, 0.3) is 16.5 Å². The van der Waals surface area contributed by atoms with Gasteiger partial charge in [-0.25, -0.2) is 4.98 Å². The highest BCUT2D eigenvalue weighted by molar-refractivity contribution is 6.04. The molecular weight excluding hydrogens is 354 g/mol. The molecule has 7 heteroatoms.